The van der Waals surface area contributed by atoms with Crippen molar-refractivity contribution in [3.63, 3.8) is 0 Å². The molecule has 0 atom stereocenters. The summed E-state index contributed by atoms with van der Waals surface area (Å²) in [5.74, 6) is -0.444. The summed E-state index contributed by atoms with van der Waals surface area (Å²) in [6.45, 7) is 1.08. The highest BCUT2D eigenvalue weighted by Crippen LogP contribution is 2.52. The molecule has 0 heterocycles. The van der Waals surface area contributed by atoms with Crippen LogP contribution in [0.2, 0.25) is 0 Å². The zero-order chi connectivity index (χ0) is 22.2. The molecule has 30 heavy (non-hydrogen) atoms. The largest absolute Gasteiger partial charge is 0.493 e. The van der Waals surface area contributed by atoms with Gasteiger partial charge in [-0.3, -0.25) is 4.79 Å². The fraction of sp³-hybridized carbons (Fsp3) is 0.316. The lowest BCUT2D eigenvalue weighted by atomic mass is 10.3. The Morgan fingerprint density at radius 3 is 1.73 bits per heavy atom. The summed E-state index contributed by atoms with van der Waals surface area (Å²) in [5.41, 5.74) is -2.79. The van der Waals surface area contributed by atoms with Gasteiger partial charge in [0.05, 0.1) is 20.8 Å². The average Bonchev–Trinajstić information content (AvgIpc) is 2.72. The predicted molar refractivity (Wildman–Crippen MR) is 107 cm³/mol. The van der Waals surface area contributed by atoms with Crippen molar-refractivity contribution in [3.05, 3.63) is 48.5 Å². The first kappa shape index (κ1) is 23.5. The van der Waals surface area contributed by atoms with E-state index in [9.17, 15) is 19.1 Å². The molecule has 3 N–H and O–H groups in total. The summed E-state index contributed by atoms with van der Waals surface area (Å²) in [7, 11) is -2.51. The number of rotatable bonds is 11. The molecule has 2 rings (SSSR count). The molecule has 11 heteroatoms. The molecular weight excluding hydrogens is 417 g/mol. The van der Waals surface area contributed by atoms with E-state index in [0.29, 0.717) is 0 Å². The van der Waals surface area contributed by atoms with Gasteiger partial charge in [0.1, 0.15) is 6.54 Å². The number of methoxy groups -OCH3 is 2. The van der Waals surface area contributed by atoms with Gasteiger partial charge in [-0.1, -0.05) is 24.3 Å². The summed E-state index contributed by atoms with van der Waals surface area (Å²) in [6, 6.07) is 12.4. The summed E-state index contributed by atoms with van der Waals surface area (Å²) in [5, 5.41) is 2.36. The summed E-state index contributed by atoms with van der Waals surface area (Å²) >= 11 is 0. The molecule has 0 spiro atoms. The zero-order valence-corrected chi connectivity index (χ0v) is 17.6. The quantitative estimate of drug-likeness (QED) is 0.270. The molecule has 0 fully saturated rings. The number of hydrogen-bond donors (Lipinski definition) is 3. The molecule has 10 nitrogen and oxygen atoms in total. The smallest absolute Gasteiger partial charge is 0.428 e. The van der Waals surface area contributed by atoms with Gasteiger partial charge < -0.3 is 33.5 Å². The van der Waals surface area contributed by atoms with Gasteiger partial charge in [-0.05, 0) is 31.2 Å². The SMILES string of the molecule is CCOC(=O)CNC(Oc1ccccc1OC)(Oc1ccccc1OC)P(=O)(O)O. The van der Waals surface area contributed by atoms with Gasteiger partial charge in [0.15, 0.2) is 23.0 Å². The predicted octanol–water partition coefficient (Wildman–Crippen LogP) is 2.10. The third kappa shape index (κ3) is 5.64. The van der Waals surface area contributed by atoms with Crippen molar-refractivity contribution in [2.45, 2.75) is 12.6 Å². The molecule has 0 saturated carbocycles. The van der Waals surface area contributed by atoms with Crippen molar-refractivity contribution in [2.24, 2.45) is 0 Å². The zero-order valence-electron chi connectivity index (χ0n) is 16.7. The van der Waals surface area contributed by atoms with Crippen LogP contribution in [0.25, 0.3) is 0 Å². The van der Waals surface area contributed by atoms with Gasteiger partial charge >= 0.3 is 19.2 Å². The average molecular weight is 441 g/mol. The van der Waals surface area contributed by atoms with Gasteiger partial charge in [0.2, 0.25) is 0 Å². The maximum Gasteiger partial charge on any atom is 0.428 e. The van der Waals surface area contributed by atoms with Gasteiger partial charge in [0.25, 0.3) is 0 Å². The molecule has 0 radical (unpaired) electrons. The Kier molecular flexibility index (Phi) is 8.08. The molecule has 0 aromatic heterocycles. The van der Waals surface area contributed by atoms with E-state index in [-0.39, 0.29) is 29.6 Å². The number of esters is 1. The van der Waals surface area contributed by atoms with Crippen LogP contribution in [0.15, 0.2) is 48.5 Å². The van der Waals surface area contributed by atoms with E-state index in [4.69, 9.17) is 23.7 Å². The summed E-state index contributed by atoms with van der Waals surface area (Å²) in [6.07, 6.45) is 0. The summed E-state index contributed by atoms with van der Waals surface area (Å²) < 4.78 is 39.0. The molecule has 0 aliphatic heterocycles. The number of hydrogen-bond acceptors (Lipinski definition) is 8. The highest BCUT2D eigenvalue weighted by Gasteiger charge is 2.54. The minimum Gasteiger partial charge on any atom is -0.493 e. The normalized spacial score (nSPS) is 11.5. The van der Waals surface area contributed by atoms with Crippen molar-refractivity contribution in [2.75, 3.05) is 27.4 Å². The second-order valence-electron chi connectivity index (χ2n) is 5.79. The molecule has 0 aliphatic carbocycles. The fourth-order valence-electron chi connectivity index (χ4n) is 2.42. The van der Waals surface area contributed by atoms with Crippen molar-refractivity contribution >= 4 is 13.6 Å². The molecule has 0 bridgehead atoms. The molecule has 0 saturated heterocycles. The van der Waals surface area contributed by atoms with Gasteiger partial charge in [0, 0.05) is 0 Å². The first-order chi connectivity index (χ1) is 14.3. The van der Waals surface area contributed by atoms with E-state index in [1.165, 1.54) is 38.5 Å². The van der Waals surface area contributed by atoms with Crippen LogP contribution >= 0.6 is 7.60 Å². The summed E-state index contributed by atoms with van der Waals surface area (Å²) in [4.78, 5) is 32.2. The van der Waals surface area contributed by atoms with Crippen LogP contribution in [0.4, 0.5) is 0 Å². The molecule has 2 aromatic carbocycles. The second-order valence-corrected chi connectivity index (χ2v) is 7.47. The second kappa shape index (κ2) is 10.3. The lowest BCUT2D eigenvalue weighted by Crippen LogP contribution is -2.56. The monoisotopic (exact) mass is 441 g/mol. The molecule has 0 amide bonds. The number of carbonyl (C=O) groups is 1. The van der Waals surface area contributed by atoms with Crippen molar-refractivity contribution in [1.82, 2.24) is 5.32 Å². The first-order valence-electron chi connectivity index (χ1n) is 8.86. The van der Waals surface area contributed by atoms with E-state index < -0.39 is 25.8 Å². The van der Waals surface area contributed by atoms with Crippen LogP contribution in [-0.4, -0.2) is 48.8 Å². The number of carbonyl (C=O) groups excluding carboxylic acids is 1. The fourth-order valence-corrected chi connectivity index (χ4v) is 3.13. The molecular formula is C19H24NO9P. The Balaban J connectivity index is 2.53. The van der Waals surface area contributed by atoms with Crippen LogP contribution < -0.4 is 24.3 Å². The Bertz CT molecular complexity index is 850. The molecule has 2 aromatic rings. The van der Waals surface area contributed by atoms with Crippen molar-refractivity contribution < 1.29 is 42.8 Å². The third-order valence-corrected chi connectivity index (χ3v) is 4.89. The molecule has 0 aliphatic rings. The number of benzene rings is 2. The Morgan fingerprint density at radius 1 is 0.933 bits per heavy atom. The van der Waals surface area contributed by atoms with Crippen LogP contribution in [0.3, 0.4) is 0 Å². The van der Waals surface area contributed by atoms with Gasteiger partial charge in [-0.25, -0.2) is 9.88 Å². The van der Waals surface area contributed by atoms with Crippen LogP contribution in [0.5, 0.6) is 23.0 Å². The van der Waals surface area contributed by atoms with Crippen LogP contribution in [0.1, 0.15) is 6.92 Å². The van der Waals surface area contributed by atoms with Gasteiger partial charge in [-0.15, -0.1) is 0 Å². The maximum atomic E-state index is 12.6. The highest BCUT2D eigenvalue weighted by atomic mass is 31.2. The number of nitrogens with one attached hydrogen (secondary N) is 1. The van der Waals surface area contributed by atoms with Gasteiger partial charge in [-0.2, -0.15) is 0 Å². The van der Waals surface area contributed by atoms with E-state index >= 15 is 0 Å². The Hall–Kier alpha value is -2.78. The maximum absolute atomic E-state index is 12.6. The van der Waals surface area contributed by atoms with E-state index in [1.54, 1.807) is 31.2 Å². The van der Waals surface area contributed by atoms with E-state index in [2.05, 4.69) is 5.32 Å². The Morgan fingerprint density at radius 2 is 1.37 bits per heavy atom. The van der Waals surface area contributed by atoms with Crippen molar-refractivity contribution in [1.29, 1.82) is 0 Å². The molecule has 0 unspecified atom stereocenters. The minimum absolute atomic E-state index is 0.0328. The number of ether oxygens (including phenoxy) is 5. The minimum atomic E-state index is -5.25. The van der Waals surface area contributed by atoms with Crippen molar-refractivity contribution in [3.8, 4) is 23.0 Å². The first-order valence-corrected chi connectivity index (χ1v) is 10.5. The molecule has 164 valence electrons. The lowest BCUT2D eigenvalue weighted by Gasteiger charge is -2.35. The topological polar surface area (TPSA) is 133 Å². The van der Waals surface area contributed by atoms with Crippen LogP contribution in [0, 0.1) is 0 Å². The van der Waals surface area contributed by atoms with E-state index in [1.807, 2.05) is 0 Å². The van der Waals surface area contributed by atoms with E-state index in [0.717, 1.165) is 0 Å². The Labute approximate surface area is 173 Å². The third-order valence-electron chi connectivity index (χ3n) is 3.78. The lowest BCUT2D eigenvalue weighted by molar-refractivity contribution is -0.146. The number of para-hydroxylation sites is 4. The standard InChI is InChI=1S/C19H24NO9P/c1-4-27-18(21)13-20-19(30(22,23)24,28-16-11-7-5-9-14(16)25-2)29-17-12-8-6-10-15(17)26-3/h5-12,20H,4,13H2,1-3H3,(H2,22,23,24). The highest BCUT2D eigenvalue weighted by molar-refractivity contribution is 7.53. The van der Waals surface area contributed by atoms with Crippen LogP contribution in [-0.2, 0) is 14.1 Å².